The van der Waals surface area contributed by atoms with Crippen molar-refractivity contribution in [2.75, 3.05) is 12.4 Å². The Hall–Kier alpha value is -4.34. The van der Waals surface area contributed by atoms with Crippen molar-refractivity contribution < 1.29 is 27.4 Å². The molecule has 1 heterocycles. The van der Waals surface area contributed by atoms with Crippen molar-refractivity contribution in [3.63, 3.8) is 0 Å². The van der Waals surface area contributed by atoms with Gasteiger partial charge < -0.3 is 14.8 Å². The van der Waals surface area contributed by atoms with E-state index in [4.69, 9.17) is 9.47 Å². The van der Waals surface area contributed by atoms with E-state index in [0.717, 1.165) is 12.1 Å². The highest BCUT2D eigenvalue weighted by molar-refractivity contribution is 6.04. The van der Waals surface area contributed by atoms with Crippen molar-refractivity contribution >= 4 is 11.6 Å². The summed E-state index contributed by atoms with van der Waals surface area (Å²) in [5.41, 5.74) is 0.902. The number of hydrogen-bond acceptors (Lipinski definition) is 5. The molecule has 4 rings (SSSR count). The van der Waals surface area contributed by atoms with Crippen molar-refractivity contribution in [3.8, 4) is 28.8 Å². The van der Waals surface area contributed by atoms with Gasteiger partial charge >= 0.3 is 12.2 Å². The highest BCUT2D eigenvalue weighted by Crippen LogP contribution is 2.33. The lowest BCUT2D eigenvalue weighted by Crippen LogP contribution is -2.12. The van der Waals surface area contributed by atoms with Crippen LogP contribution < -0.4 is 14.8 Å². The first kappa shape index (κ1) is 24.8. The number of ether oxygens (including phenoxy) is 2. The predicted molar refractivity (Wildman–Crippen MR) is 129 cm³/mol. The topological polar surface area (TPSA) is 78.3 Å². The molecule has 10 heteroatoms. The molecular weight excluding hydrogens is 473 g/mol. The van der Waals surface area contributed by atoms with Gasteiger partial charge in [-0.05, 0) is 68.4 Å². The van der Waals surface area contributed by atoms with E-state index in [1.165, 1.54) is 23.9 Å². The second kappa shape index (κ2) is 10.1. The Kier molecular flexibility index (Phi) is 6.96. The van der Waals surface area contributed by atoms with Crippen molar-refractivity contribution in [2.24, 2.45) is 0 Å². The summed E-state index contributed by atoms with van der Waals surface area (Å²) in [5, 5.41) is 7.15. The van der Waals surface area contributed by atoms with Gasteiger partial charge in [0.1, 0.15) is 5.75 Å². The maximum atomic E-state index is 13.3. The van der Waals surface area contributed by atoms with Gasteiger partial charge in [-0.3, -0.25) is 4.79 Å². The SMILES string of the molecule is COc1cccc(C(=O)Nc2ccc(-n3nc(OC(C)C)nc3-c3cccc(C(F)(F)F)c3)cc2)c1. The fraction of sp³-hybridized carbons (Fsp3) is 0.192. The number of rotatable bonds is 7. The number of nitrogens with zero attached hydrogens (tertiary/aromatic N) is 3. The summed E-state index contributed by atoms with van der Waals surface area (Å²) in [5.74, 6) is 0.426. The summed E-state index contributed by atoms with van der Waals surface area (Å²) in [6.07, 6.45) is -4.73. The molecule has 0 aliphatic carbocycles. The normalized spacial score (nSPS) is 11.4. The van der Waals surface area contributed by atoms with Crippen molar-refractivity contribution in [3.05, 3.63) is 83.9 Å². The number of benzene rings is 3. The smallest absolute Gasteiger partial charge is 0.416 e. The summed E-state index contributed by atoms with van der Waals surface area (Å²) in [6, 6.07) is 18.3. The lowest BCUT2D eigenvalue weighted by atomic mass is 10.1. The van der Waals surface area contributed by atoms with E-state index in [-0.39, 0.29) is 29.4 Å². The molecule has 0 radical (unpaired) electrons. The van der Waals surface area contributed by atoms with Gasteiger partial charge in [-0.15, -0.1) is 5.10 Å². The summed E-state index contributed by atoms with van der Waals surface area (Å²) < 4.78 is 52.0. The van der Waals surface area contributed by atoms with E-state index in [2.05, 4.69) is 15.4 Å². The first-order valence-electron chi connectivity index (χ1n) is 11.0. The molecule has 0 aliphatic heterocycles. The fourth-order valence-corrected chi connectivity index (χ4v) is 3.41. The highest BCUT2D eigenvalue weighted by Gasteiger charge is 2.31. The van der Waals surface area contributed by atoms with Crippen molar-refractivity contribution in [1.82, 2.24) is 14.8 Å². The highest BCUT2D eigenvalue weighted by atomic mass is 19.4. The molecule has 0 fully saturated rings. The Bertz CT molecular complexity index is 1370. The Labute approximate surface area is 205 Å². The number of halogens is 3. The molecule has 186 valence electrons. The zero-order valence-corrected chi connectivity index (χ0v) is 19.7. The largest absolute Gasteiger partial charge is 0.497 e. The van der Waals surface area contributed by atoms with Crippen LogP contribution >= 0.6 is 0 Å². The molecule has 1 aromatic heterocycles. The molecule has 36 heavy (non-hydrogen) atoms. The molecule has 3 aromatic carbocycles. The van der Waals surface area contributed by atoms with Crippen LogP contribution in [0.2, 0.25) is 0 Å². The Morgan fingerprint density at radius 1 is 1.00 bits per heavy atom. The Morgan fingerprint density at radius 3 is 2.39 bits per heavy atom. The number of aromatic nitrogens is 3. The fourth-order valence-electron chi connectivity index (χ4n) is 3.41. The maximum Gasteiger partial charge on any atom is 0.416 e. The monoisotopic (exact) mass is 496 g/mol. The van der Waals surface area contributed by atoms with Crippen LogP contribution in [-0.4, -0.2) is 33.9 Å². The molecule has 0 bridgehead atoms. The summed E-state index contributed by atoms with van der Waals surface area (Å²) in [7, 11) is 1.52. The summed E-state index contributed by atoms with van der Waals surface area (Å²) >= 11 is 0. The lowest BCUT2D eigenvalue weighted by Gasteiger charge is -2.10. The van der Waals surface area contributed by atoms with Gasteiger partial charge in [0, 0.05) is 16.8 Å². The molecule has 0 spiro atoms. The average molecular weight is 496 g/mol. The number of amides is 1. The number of carbonyl (C=O) groups is 1. The van der Waals surface area contributed by atoms with Gasteiger partial charge in [0.05, 0.1) is 24.5 Å². The van der Waals surface area contributed by atoms with Crippen molar-refractivity contribution in [2.45, 2.75) is 26.1 Å². The van der Waals surface area contributed by atoms with E-state index >= 15 is 0 Å². The third-order valence-corrected chi connectivity index (χ3v) is 5.08. The van der Waals surface area contributed by atoms with Crippen LogP contribution in [0.1, 0.15) is 29.8 Å². The number of anilines is 1. The molecule has 0 saturated heterocycles. The Morgan fingerprint density at radius 2 is 1.72 bits per heavy atom. The predicted octanol–water partition coefficient (Wildman–Crippen LogP) is 6.00. The molecule has 1 N–H and O–H groups in total. The first-order valence-corrected chi connectivity index (χ1v) is 11.0. The standard InChI is InChI=1S/C26H23F3N4O3/c1-16(2)36-25-31-23(17-6-4-8-19(14-17)26(27,28)29)33(32-25)21-12-10-20(11-13-21)30-24(34)18-7-5-9-22(15-18)35-3/h4-16H,1-3H3,(H,30,34). The summed E-state index contributed by atoms with van der Waals surface area (Å²) in [4.78, 5) is 16.9. The van der Waals surface area contributed by atoms with E-state index in [1.54, 1.807) is 62.4 Å². The van der Waals surface area contributed by atoms with Gasteiger partial charge in [-0.25, -0.2) is 4.68 Å². The number of alkyl halides is 3. The molecule has 0 atom stereocenters. The first-order chi connectivity index (χ1) is 17.1. The van der Waals surface area contributed by atoms with Gasteiger partial charge in [-0.2, -0.15) is 18.2 Å². The van der Waals surface area contributed by atoms with Crippen LogP contribution in [0, 0.1) is 0 Å². The molecule has 0 unspecified atom stereocenters. The maximum absolute atomic E-state index is 13.3. The van der Waals surface area contributed by atoms with E-state index < -0.39 is 11.7 Å². The van der Waals surface area contributed by atoms with Crippen LogP contribution in [-0.2, 0) is 6.18 Å². The zero-order valence-electron chi connectivity index (χ0n) is 19.7. The second-order valence-electron chi connectivity index (χ2n) is 8.11. The average Bonchev–Trinajstić information content (AvgIpc) is 3.27. The minimum absolute atomic E-state index is 0.0350. The number of methoxy groups -OCH3 is 1. The molecular formula is C26H23F3N4O3. The zero-order chi connectivity index (χ0) is 25.9. The number of hydrogen-bond donors (Lipinski definition) is 1. The van der Waals surface area contributed by atoms with Gasteiger partial charge in [-0.1, -0.05) is 18.2 Å². The van der Waals surface area contributed by atoms with Gasteiger partial charge in [0.25, 0.3) is 5.91 Å². The minimum Gasteiger partial charge on any atom is -0.497 e. The van der Waals surface area contributed by atoms with Gasteiger partial charge in [0.2, 0.25) is 0 Å². The Balaban J connectivity index is 1.65. The molecule has 1 amide bonds. The van der Waals surface area contributed by atoms with E-state index in [0.29, 0.717) is 22.7 Å². The quantitative estimate of drug-likeness (QED) is 0.340. The molecule has 0 saturated carbocycles. The van der Waals surface area contributed by atoms with Crippen LogP contribution in [0.25, 0.3) is 17.1 Å². The molecule has 7 nitrogen and oxygen atoms in total. The van der Waals surface area contributed by atoms with Crippen LogP contribution in [0.4, 0.5) is 18.9 Å². The molecule has 0 aliphatic rings. The minimum atomic E-state index is -4.50. The van der Waals surface area contributed by atoms with Crippen LogP contribution in [0.5, 0.6) is 11.8 Å². The number of carbonyl (C=O) groups excluding carboxylic acids is 1. The lowest BCUT2D eigenvalue weighted by molar-refractivity contribution is -0.137. The van der Waals surface area contributed by atoms with Crippen LogP contribution in [0.3, 0.4) is 0 Å². The second-order valence-corrected chi connectivity index (χ2v) is 8.11. The van der Waals surface area contributed by atoms with E-state index in [1.807, 2.05) is 0 Å². The third-order valence-electron chi connectivity index (χ3n) is 5.08. The van der Waals surface area contributed by atoms with Crippen LogP contribution in [0.15, 0.2) is 72.8 Å². The van der Waals surface area contributed by atoms with Gasteiger partial charge in [0.15, 0.2) is 5.82 Å². The summed E-state index contributed by atoms with van der Waals surface area (Å²) in [6.45, 7) is 3.59. The van der Waals surface area contributed by atoms with E-state index in [9.17, 15) is 18.0 Å². The molecule has 4 aromatic rings. The van der Waals surface area contributed by atoms with Crippen molar-refractivity contribution in [1.29, 1.82) is 0 Å². The number of nitrogens with one attached hydrogen (secondary N) is 1. The third kappa shape index (κ3) is 5.65.